The molecule has 112 valence electrons. The minimum atomic E-state index is -1.98. The second-order valence-electron chi connectivity index (χ2n) is 4.88. The summed E-state index contributed by atoms with van der Waals surface area (Å²) >= 11 is 4.08. The molecule has 0 aliphatic rings. The van der Waals surface area contributed by atoms with Gasteiger partial charge in [-0.25, -0.2) is 8.89 Å². The van der Waals surface area contributed by atoms with E-state index in [1.54, 1.807) is 35.0 Å². The van der Waals surface area contributed by atoms with Gasteiger partial charge in [0.2, 0.25) is 0 Å². The maximum Gasteiger partial charge on any atom is 0.186 e. The molecule has 1 atom stereocenters. The van der Waals surface area contributed by atoms with Gasteiger partial charge in [-0.1, -0.05) is 35.9 Å². The highest BCUT2D eigenvalue weighted by atomic mass is 35.5. The van der Waals surface area contributed by atoms with Crippen molar-refractivity contribution >= 4 is 22.7 Å². The Kier molecular flexibility index (Phi) is 4.11. The van der Waals surface area contributed by atoms with Gasteiger partial charge in [0, 0.05) is 11.6 Å². The largest absolute Gasteiger partial charge is 0.302 e. The molecule has 1 N–H and O–H groups in total. The summed E-state index contributed by atoms with van der Waals surface area (Å²) in [5.41, 5.74) is 3.73. The molecule has 0 aliphatic carbocycles. The summed E-state index contributed by atoms with van der Waals surface area (Å²) in [7, 11) is 0. The average molecular weight is 333 g/mol. The van der Waals surface area contributed by atoms with E-state index in [-0.39, 0.29) is 0 Å². The van der Waals surface area contributed by atoms with E-state index in [9.17, 15) is 4.21 Å². The zero-order valence-electron chi connectivity index (χ0n) is 11.7. The van der Waals surface area contributed by atoms with Crippen molar-refractivity contribution in [2.75, 3.05) is 0 Å². The number of hydrogen-bond acceptors (Lipinski definition) is 2. The van der Waals surface area contributed by atoms with Gasteiger partial charge in [-0.2, -0.15) is 5.10 Å². The Morgan fingerprint density at radius 2 is 1.86 bits per heavy atom. The number of nitrogens with zero attached hydrogens (tertiary/aromatic N) is 2. The summed E-state index contributed by atoms with van der Waals surface area (Å²) in [5.74, 6) is 0. The third kappa shape index (κ3) is 2.97. The molecule has 3 rings (SSSR count). The lowest BCUT2D eigenvalue weighted by Gasteiger charge is -2.08. The van der Waals surface area contributed by atoms with Crippen LogP contribution in [0.5, 0.6) is 0 Å². The van der Waals surface area contributed by atoms with Crippen LogP contribution in [0.25, 0.3) is 16.9 Å². The van der Waals surface area contributed by atoms with E-state index in [4.69, 9.17) is 16.2 Å². The highest BCUT2D eigenvalue weighted by Crippen LogP contribution is 2.27. The third-order valence-electron chi connectivity index (χ3n) is 3.28. The first kappa shape index (κ1) is 15.0. The van der Waals surface area contributed by atoms with Crippen molar-refractivity contribution in [1.29, 1.82) is 0 Å². The van der Waals surface area contributed by atoms with Crippen LogP contribution in [0.4, 0.5) is 0 Å². The number of hydrogen-bond donors (Lipinski definition) is 1. The van der Waals surface area contributed by atoms with Gasteiger partial charge in [-0.3, -0.25) is 0 Å². The second-order valence-corrected chi connectivity index (χ2v) is 6.23. The quantitative estimate of drug-likeness (QED) is 0.735. The number of benzene rings is 2. The van der Waals surface area contributed by atoms with E-state index in [0.29, 0.717) is 10.0 Å². The monoisotopic (exact) mass is 332 g/mol. The highest BCUT2D eigenvalue weighted by molar-refractivity contribution is 7.79. The first-order chi connectivity index (χ1) is 10.5. The third-order valence-corrected chi connectivity index (χ3v) is 4.14. The predicted molar refractivity (Wildman–Crippen MR) is 87.8 cm³/mol. The number of halogens is 1. The van der Waals surface area contributed by atoms with Crippen LogP contribution in [-0.4, -0.2) is 18.5 Å². The van der Waals surface area contributed by atoms with Crippen LogP contribution in [0, 0.1) is 6.92 Å². The summed E-state index contributed by atoms with van der Waals surface area (Å²) in [6.07, 6.45) is 0. The zero-order valence-corrected chi connectivity index (χ0v) is 13.3. The molecule has 0 fully saturated rings. The summed E-state index contributed by atoms with van der Waals surface area (Å²) in [6.45, 7) is 2.01. The lowest BCUT2D eigenvalue weighted by molar-refractivity contribution is 0.564. The minimum Gasteiger partial charge on any atom is -0.302 e. The first-order valence-corrected chi connectivity index (χ1v) is 8.07. The predicted octanol–water partition coefficient (Wildman–Crippen LogP) is 4.08. The van der Waals surface area contributed by atoms with Gasteiger partial charge in [-0.15, -0.1) is 0 Å². The van der Waals surface area contributed by atoms with Crippen LogP contribution >= 0.6 is 11.6 Å². The Balaban J connectivity index is 2.10. The van der Waals surface area contributed by atoms with E-state index < -0.39 is 11.1 Å². The molecule has 1 heterocycles. The first-order valence-electron chi connectivity index (χ1n) is 6.58. The number of aromatic nitrogens is 2. The van der Waals surface area contributed by atoms with Gasteiger partial charge < -0.3 is 4.55 Å². The van der Waals surface area contributed by atoms with E-state index in [1.165, 1.54) is 0 Å². The molecular weight excluding hydrogens is 320 g/mol. The van der Waals surface area contributed by atoms with Crippen molar-refractivity contribution in [2.45, 2.75) is 11.8 Å². The van der Waals surface area contributed by atoms with E-state index in [0.717, 1.165) is 22.5 Å². The lowest BCUT2D eigenvalue weighted by atomic mass is 10.1. The molecule has 2 aromatic carbocycles. The minimum absolute atomic E-state index is 0.358. The van der Waals surface area contributed by atoms with Crippen molar-refractivity contribution in [2.24, 2.45) is 0 Å². The van der Waals surface area contributed by atoms with Crippen LogP contribution in [0.2, 0.25) is 5.15 Å². The maximum atomic E-state index is 11.1. The molecule has 1 unspecified atom stereocenters. The van der Waals surface area contributed by atoms with Crippen LogP contribution in [0.3, 0.4) is 0 Å². The van der Waals surface area contributed by atoms with E-state index in [2.05, 4.69) is 5.10 Å². The topological polar surface area (TPSA) is 55.1 Å². The molecule has 22 heavy (non-hydrogen) atoms. The fraction of sp³-hybridized carbons (Fsp3) is 0.0625. The number of rotatable bonds is 3. The fourth-order valence-electron chi connectivity index (χ4n) is 2.26. The maximum absolute atomic E-state index is 11.1. The van der Waals surface area contributed by atoms with Gasteiger partial charge in [0.1, 0.15) is 0 Å². The molecule has 3 aromatic rings. The molecule has 0 aliphatic heterocycles. The molecule has 0 radical (unpaired) electrons. The van der Waals surface area contributed by atoms with Gasteiger partial charge in [-0.05, 0) is 36.8 Å². The fourth-order valence-corrected chi connectivity index (χ4v) is 2.80. The van der Waals surface area contributed by atoms with Crippen LogP contribution < -0.4 is 0 Å². The Labute approximate surface area is 135 Å². The molecule has 0 bridgehead atoms. The molecular formula is C16H13ClN2O2S. The zero-order chi connectivity index (χ0) is 15.7. The van der Waals surface area contributed by atoms with Gasteiger partial charge >= 0.3 is 0 Å². The molecule has 0 spiro atoms. The summed E-state index contributed by atoms with van der Waals surface area (Å²) in [5, 5.41) is 4.72. The summed E-state index contributed by atoms with van der Waals surface area (Å²) in [6, 6.07) is 16.5. The highest BCUT2D eigenvalue weighted by Gasteiger charge is 2.11. The smallest absolute Gasteiger partial charge is 0.186 e. The van der Waals surface area contributed by atoms with Gasteiger partial charge in [0.15, 0.2) is 16.2 Å². The molecule has 0 saturated heterocycles. The second kappa shape index (κ2) is 6.04. The van der Waals surface area contributed by atoms with Crippen LogP contribution in [0.15, 0.2) is 59.5 Å². The SMILES string of the molecule is Cc1cccc(-n2nc(Cl)cc2-c2ccc(S(=O)O)cc2)c1. The van der Waals surface area contributed by atoms with Crippen LogP contribution in [0.1, 0.15) is 5.56 Å². The Hall–Kier alpha value is -1.95. The standard InChI is InChI=1S/C16H13ClN2O2S/c1-11-3-2-4-13(9-11)19-15(10-16(17)18-19)12-5-7-14(8-6-12)22(20)21/h2-10H,1H3,(H,20,21). The van der Waals surface area contributed by atoms with Gasteiger partial charge in [0.25, 0.3) is 0 Å². The van der Waals surface area contributed by atoms with Crippen molar-refractivity contribution in [3.8, 4) is 16.9 Å². The van der Waals surface area contributed by atoms with Crippen molar-refractivity contribution in [1.82, 2.24) is 9.78 Å². The van der Waals surface area contributed by atoms with E-state index in [1.807, 2.05) is 31.2 Å². The Morgan fingerprint density at radius 1 is 1.14 bits per heavy atom. The van der Waals surface area contributed by atoms with E-state index >= 15 is 0 Å². The number of aryl methyl sites for hydroxylation is 1. The van der Waals surface area contributed by atoms with Crippen molar-refractivity contribution < 1.29 is 8.76 Å². The Bertz CT molecular complexity index is 844. The molecule has 0 amide bonds. The summed E-state index contributed by atoms with van der Waals surface area (Å²) < 4.78 is 21.9. The van der Waals surface area contributed by atoms with Crippen molar-refractivity contribution in [3.63, 3.8) is 0 Å². The molecule has 1 aromatic heterocycles. The Morgan fingerprint density at radius 3 is 2.50 bits per heavy atom. The summed E-state index contributed by atoms with van der Waals surface area (Å²) in [4.78, 5) is 0.358. The molecule has 0 saturated carbocycles. The van der Waals surface area contributed by atoms with Crippen molar-refractivity contribution in [3.05, 3.63) is 65.3 Å². The molecule has 6 heteroatoms. The normalized spacial score (nSPS) is 12.3. The lowest BCUT2D eigenvalue weighted by Crippen LogP contribution is -1.99. The van der Waals surface area contributed by atoms with Gasteiger partial charge in [0.05, 0.1) is 16.3 Å². The van der Waals surface area contributed by atoms with Crippen LogP contribution in [-0.2, 0) is 11.1 Å². The molecule has 4 nitrogen and oxygen atoms in total. The average Bonchev–Trinajstić information content (AvgIpc) is 2.89.